The van der Waals surface area contributed by atoms with Crippen molar-refractivity contribution in [3.8, 4) is 34.5 Å². The maximum Gasteiger partial charge on any atom is 0.203 e. The molecule has 8 nitrogen and oxygen atoms in total. The zero-order valence-electron chi connectivity index (χ0n) is 17.5. The van der Waals surface area contributed by atoms with Crippen LogP contribution in [0.25, 0.3) is 0 Å². The Balaban J connectivity index is 2.33. The van der Waals surface area contributed by atoms with Gasteiger partial charge in [0.15, 0.2) is 23.0 Å². The van der Waals surface area contributed by atoms with Crippen LogP contribution in [0.15, 0.2) is 18.2 Å². The molecule has 2 aromatic carbocycles. The number of hydrogen-bond donors (Lipinski definition) is 4. The molecule has 0 spiro atoms. The fraction of sp³-hybridized carbons (Fsp3) is 0.455. The first-order valence-corrected chi connectivity index (χ1v) is 9.58. The number of fused-ring (bicyclic) bond motifs is 1. The van der Waals surface area contributed by atoms with Gasteiger partial charge in [0.25, 0.3) is 0 Å². The maximum absolute atomic E-state index is 10.4. The van der Waals surface area contributed by atoms with Crippen LogP contribution >= 0.6 is 0 Å². The fourth-order valence-corrected chi connectivity index (χ4v) is 4.49. The number of benzene rings is 2. The molecule has 0 heterocycles. The van der Waals surface area contributed by atoms with Crippen molar-refractivity contribution < 1.29 is 39.4 Å². The van der Waals surface area contributed by atoms with Gasteiger partial charge in [0.05, 0.1) is 28.4 Å². The second-order valence-electron chi connectivity index (χ2n) is 7.28. The van der Waals surface area contributed by atoms with Crippen molar-refractivity contribution in [2.75, 3.05) is 41.7 Å². The van der Waals surface area contributed by atoms with E-state index in [1.165, 1.54) is 34.5 Å². The average Bonchev–Trinajstić information content (AvgIpc) is 2.77. The van der Waals surface area contributed by atoms with Crippen molar-refractivity contribution >= 4 is 0 Å². The molecular formula is C22H28O8. The molecule has 0 aliphatic heterocycles. The van der Waals surface area contributed by atoms with Gasteiger partial charge >= 0.3 is 0 Å². The monoisotopic (exact) mass is 420 g/mol. The molecule has 0 radical (unpaired) electrons. The summed E-state index contributed by atoms with van der Waals surface area (Å²) in [6.45, 7) is -0.341. The standard InChI is InChI=1S/C22H28O8/c1-27-16-7-12(8-17(28-2)21(16)29-3)18-14(10-24)13(9-23)5-11-6-15(25)20(26)22(30-4)19(11)18/h6-8,13-14,18,23-26H,5,9-10H2,1-4H3/t13-,14-,18+/m1/s1. The SMILES string of the molecule is COc1cc([C@@H]2c3c(cc(O)c(O)c3OC)C[C@H](CO)[C@H]2CO)cc(OC)c1OC. The van der Waals surface area contributed by atoms with Crippen LogP contribution in [0.2, 0.25) is 0 Å². The number of methoxy groups -OCH3 is 4. The van der Waals surface area contributed by atoms with Crippen LogP contribution in [0.1, 0.15) is 22.6 Å². The highest BCUT2D eigenvalue weighted by Gasteiger charge is 2.41. The van der Waals surface area contributed by atoms with Crippen LogP contribution in [0.5, 0.6) is 34.5 Å². The third-order valence-corrected chi connectivity index (χ3v) is 5.88. The van der Waals surface area contributed by atoms with E-state index < -0.39 is 5.92 Å². The third kappa shape index (κ3) is 3.46. The predicted molar refractivity (Wildman–Crippen MR) is 109 cm³/mol. The summed E-state index contributed by atoms with van der Waals surface area (Å²) >= 11 is 0. The van der Waals surface area contributed by atoms with Crippen molar-refractivity contribution in [3.63, 3.8) is 0 Å². The van der Waals surface area contributed by atoms with Crippen LogP contribution in [-0.4, -0.2) is 62.1 Å². The van der Waals surface area contributed by atoms with E-state index in [2.05, 4.69) is 0 Å². The van der Waals surface area contributed by atoms with Crippen molar-refractivity contribution in [2.24, 2.45) is 11.8 Å². The summed E-state index contributed by atoms with van der Waals surface area (Å²) in [6.07, 6.45) is 0.419. The number of aromatic hydroxyl groups is 2. The second kappa shape index (κ2) is 8.89. The summed E-state index contributed by atoms with van der Waals surface area (Å²) < 4.78 is 21.8. The van der Waals surface area contributed by atoms with Gasteiger partial charge in [-0.3, -0.25) is 0 Å². The van der Waals surface area contributed by atoms with E-state index in [-0.39, 0.29) is 42.3 Å². The van der Waals surface area contributed by atoms with E-state index in [9.17, 15) is 20.4 Å². The van der Waals surface area contributed by atoms with E-state index in [0.717, 1.165) is 11.1 Å². The topological polar surface area (TPSA) is 118 Å². The molecule has 0 bridgehead atoms. The number of rotatable bonds is 7. The number of ether oxygens (including phenoxy) is 4. The lowest BCUT2D eigenvalue weighted by Crippen LogP contribution is -2.35. The molecule has 1 aliphatic carbocycles. The smallest absolute Gasteiger partial charge is 0.203 e. The summed E-state index contributed by atoms with van der Waals surface area (Å²) in [6, 6.07) is 5.04. The number of phenols is 2. The van der Waals surface area contributed by atoms with Crippen molar-refractivity contribution in [2.45, 2.75) is 12.3 Å². The maximum atomic E-state index is 10.4. The predicted octanol–water partition coefficient (Wildman–Crippen LogP) is 2.04. The Hall–Kier alpha value is -2.84. The Morgan fingerprint density at radius 3 is 1.90 bits per heavy atom. The summed E-state index contributed by atoms with van der Waals surface area (Å²) in [5, 5.41) is 40.8. The number of phenolic OH excluding ortho intramolecular Hbond substituents is 2. The minimum Gasteiger partial charge on any atom is -0.504 e. The Morgan fingerprint density at radius 2 is 1.43 bits per heavy atom. The average molecular weight is 420 g/mol. The van der Waals surface area contributed by atoms with Gasteiger partial charge in [0.1, 0.15) is 0 Å². The van der Waals surface area contributed by atoms with Gasteiger partial charge in [0.2, 0.25) is 11.5 Å². The van der Waals surface area contributed by atoms with Crippen LogP contribution in [0.4, 0.5) is 0 Å². The van der Waals surface area contributed by atoms with E-state index in [1.807, 2.05) is 0 Å². The molecule has 8 heteroatoms. The molecule has 4 N–H and O–H groups in total. The Morgan fingerprint density at radius 1 is 0.833 bits per heavy atom. The van der Waals surface area contributed by atoms with Gasteiger partial charge in [-0.05, 0) is 47.6 Å². The van der Waals surface area contributed by atoms with Crippen LogP contribution in [0, 0.1) is 11.8 Å². The molecular weight excluding hydrogens is 392 g/mol. The van der Waals surface area contributed by atoms with Gasteiger partial charge in [-0.25, -0.2) is 0 Å². The fourth-order valence-electron chi connectivity index (χ4n) is 4.49. The second-order valence-corrected chi connectivity index (χ2v) is 7.28. The minimum atomic E-state index is -0.467. The van der Waals surface area contributed by atoms with Gasteiger partial charge in [-0.1, -0.05) is 0 Å². The zero-order chi connectivity index (χ0) is 22.0. The quantitative estimate of drug-likeness (QED) is 0.503. The highest BCUT2D eigenvalue weighted by atomic mass is 16.5. The Labute approximate surface area is 175 Å². The Kier molecular flexibility index (Phi) is 6.48. The van der Waals surface area contributed by atoms with Gasteiger partial charge in [-0.2, -0.15) is 0 Å². The number of hydrogen-bond acceptors (Lipinski definition) is 8. The molecule has 3 atom stereocenters. The highest BCUT2D eigenvalue weighted by molar-refractivity contribution is 5.63. The molecule has 3 rings (SSSR count). The van der Waals surface area contributed by atoms with Crippen molar-refractivity contribution in [1.82, 2.24) is 0 Å². The summed E-state index contributed by atoms with van der Waals surface area (Å²) in [5.41, 5.74) is 2.10. The minimum absolute atomic E-state index is 0.138. The normalized spacial score (nSPS) is 20.4. The molecule has 30 heavy (non-hydrogen) atoms. The molecule has 0 saturated carbocycles. The van der Waals surface area contributed by atoms with E-state index >= 15 is 0 Å². The van der Waals surface area contributed by atoms with Crippen LogP contribution in [0.3, 0.4) is 0 Å². The first-order chi connectivity index (χ1) is 14.4. The molecule has 164 valence electrons. The third-order valence-electron chi connectivity index (χ3n) is 5.88. The summed E-state index contributed by atoms with van der Waals surface area (Å²) in [5.74, 6) is -0.315. The Bertz CT molecular complexity index is 885. The van der Waals surface area contributed by atoms with Gasteiger partial charge in [0, 0.05) is 24.7 Å². The summed E-state index contributed by atoms with van der Waals surface area (Å²) in [7, 11) is 5.95. The number of aliphatic hydroxyl groups is 2. The lowest BCUT2D eigenvalue weighted by atomic mass is 9.66. The molecule has 0 unspecified atom stereocenters. The molecule has 0 amide bonds. The number of aliphatic hydroxyl groups excluding tert-OH is 2. The molecule has 1 aliphatic rings. The molecule has 2 aromatic rings. The van der Waals surface area contributed by atoms with Crippen LogP contribution < -0.4 is 18.9 Å². The largest absolute Gasteiger partial charge is 0.504 e. The van der Waals surface area contributed by atoms with Gasteiger partial charge in [-0.15, -0.1) is 0 Å². The zero-order valence-corrected chi connectivity index (χ0v) is 17.5. The van der Waals surface area contributed by atoms with Crippen molar-refractivity contribution in [1.29, 1.82) is 0 Å². The molecule has 0 fully saturated rings. The van der Waals surface area contributed by atoms with Crippen molar-refractivity contribution in [3.05, 3.63) is 34.9 Å². The van der Waals surface area contributed by atoms with E-state index in [1.54, 1.807) is 12.1 Å². The highest BCUT2D eigenvalue weighted by Crippen LogP contribution is 2.54. The molecule has 0 aromatic heterocycles. The first-order valence-electron chi connectivity index (χ1n) is 9.58. The van der Waals surface area contributed by atoms with E-state index in [0.29, 0.717) is 29.2 Å². The summed E-state index contributed by atoms with van der Waals surface area (Å²) in [4.78, 5) is 0. The molecule has 0 saturated heterocycles. The van der Waals surface area contributed by atoms with E-state index in [4.69, 9.17) is 18.9 Å². The lowest BCUT2D eigenvalue weighted by Gasteiger charge is -2.39. The first kappa shape index (κ1) is 21.9. The van der Waals surface area contributed by atoms with Crippen LogP contribution in [-0.2, 0) is 6.42 Å². The lowest BCUT2D eigenvalue weighted by molar-refractivity contribution is 0.0999. The van der Waals surface area contributed by atoms with Gasteiger partial charge < -0.3 is 39.4 Å².